The molecular formula is C15H19BrN2O3. The maximum atomic E-state index is 11.9. The number of amides is 2. The zero-order valence-corrected chi connectivity index (χ0v) is 13.8. The van der Waals surface area contributed by atoms with Crippen LogP contribution in [-0.4, -0.2) is 36.4 Å². The van der Waals surface area contributed by atoms with Gasteiger partial charge in [0.05, 0.1) is 19.1 Å². The maximum Gasteiger partial charge on any atom is 0.246 e. The predicted octanol–water partition coefficient (Wildman–Crippen LogP) is 2.08. The number of likely N-dealkylation sites (N-methyl/N-ethyl adjacent to an activating group) is 1. The van der Waals surface area contributed by atoms with E-state index < -0.39 is 6.04 Å². The van der Waals surface area contributed by atoms with Gasteiger partial charge in [-0.1, -0.05) is 22.9 Å². The van der Waals surface area contributed by atoms with Gasteiger partial charge in [0.2, 0.25) is 11.8 Å². The fourth-order valence-corrected chi connectivity index (χ4v) is 2.60. The highest BCUT2D eigenvalue weighted by molar-refractivity contribution is 9.10. The number of carbonyl (C=O) groups is 2. The summed E-state index contributed by atoms with van der Waals surface area (Å²) < 4.78 is 6.66. The third kappa shape index (κ3) is 3.83. The summed E-state index contributed by atoms with van der Waals surface area (Å²) in [5.74, 6) is 0.484. The van der Waals surface area contributed by atoms with Gasteiger partial charge in [0.25, 0.3) is 0 Å². The van der Waals surface area contributed by atoms with Crippen LogP contribution < -0.4 is 10.1 Å². The standard InChI is InChI=1S/C15H19BrN2O3/c1-3-6-21-13-5-4-11(16)7-10(13)9-17-12-8-14(19)18(2)15(12)20/h4-5,7,12,17H,3,6,8-9H2,1-2H3. The van der Waals surface area contributed by atoms with Gasteiger partial charge < -0.3 is 10.1 Å². The highest BCUT2D eigenvalue weighted by atomic mass is 79.9. The van der Waals surface area contributed by atoms with Crippen LogP contribution in [-0.2, 0) is 16.1 Å². The lowest BCUT2D eigenvalue weighted by Crippen LogP contribution is -2.36. The summed E-state index contributed by atoms with van der Waals surface area (Å²) in [5, 5.41) is 3.14. The van der Waals surface area contributed by atoms with Crippen molar-refractivity contribution in [1.29, 1.82) is 0 Å². The number of rotatable bonds is 6. The molecule has 2 rings (SSSR count). The Morgan fingerprint density at radius 3 is 2.81 bits per heavy atom. The first-order valence-corrected chi connectivity index (χ1v) is 7.77. The topological polar surface area (TPSA) is 58.6 Å². The van der Waals surface area contributed by atoms with Crippen molar-refractivity contribution in [2.45, 2.75) is 32.4 Å². The van der Waals surface area contributed by atoms with E-state index in [1.807, 2.05) is 18.2 Å². The van der Waals surface area contributed by atoms with E-state index in [1.54, 1.807) is 0 Å². The Kier molecular flexibility index (Phi) is 5.36. The number of halogens is 1. The Labute approximate surface area is 132 Å². The number of nitrogens with zero attached hydrogens (tertiary/aromatic N) is 1. The first-order chi connectivity index (χ1) is 10.0. The average molecular weight is 355 g/mol. The molecule has 6 heteroatoms. The Balaban J connectivity index is 2.04. The summed E-state index contributed by atoms with van der Waals surface area (Å²) in [6, 6.07) is 5.35. The van der Waals surface area contributed by atoms with Crippen molar-refractivity contribution in [2.24, 2.45) is 0 Å². The normalized spacial score (nSPS) is 18.4. The molecule has 0 aliphatic carbocycles. The van der Waals surface area contributed by atoms with Crippen molar-refractivity contribution in [1.82, 2.24) is 10.2 Å². The summed E-state index contributed by atoms with van der Waals surface area (Å²) in [6.45, 7) is 3.18. The van der Waals surface area contributed by atoms with E-state index in [9.17, 15) is 9.59 Å². The molecule has 1 fully saturated rings. The highest BCUT2D eigenvalue weighted by Crippen LogP contribution is 2.24. The highest BCUT2D eigenvalue weighted by Gasteiger charge is 2.35. The summed E-state index contributed by atoms with van der Waals surface area (Å²) in [4.78, 5) is 24.5. The molecule has 1 atom stereocenters. The Morgan fingerprint density at radius 1 is 1.43 bits per heavy atom. The second-order valence-corrected chi connectivity index (χ2v) is 5.94. The fourth-order valence-electron chi connectivity index (χ4n) is 2.19. The van der Waals surface area contributed by atoms with Gasteiger partial charge in [0.15, 0.2) is 0 Å². The molecule has 2 amide bonds. The van der Waals surface area contributed by atoms with E-state index in [2.05, 4.69) is 28.2 Å². The van der Waals surface area contributed by atoms with Crippen LogP contribution in [0.4, 0.5) is 0 Å². The lowest BCUT2D eigenvalue weighted by atomic mass is 10.1. The lowest BCUT2D eigenvalue weighted by Gasteiger charge is -2.14. The van der Waals surface area contributed by atoms with Gasteiger partial charge in [-0.15, -0.1) is 0 Å². The average Bonchev–Trinajstić information content (AvgIpc) is 2.71. The molecule has 1 aliphatic heterocycles. The van der Waals surface area contributed by atoms with E-state index in [0.29, 0.717) is 13.2 Å². The first kappa shape index (κ1) is 16.0. The number of hydrogen-bond acceptors (Lipinski definition) is 4. The van der Waals surface area contributed by atoms with Crippen LogP contribution in [0.1, 0.15) is 25.3 Å². The minimum atomic E-state index is -0.444. The zero-order chi connectivity index (χ0) is 15.4. The molecule has 1 aromatic carbocycles. The molecule has 21 heavy (non-hydrogen) atoms. The second kappa shape index (κ2) is 7.04. The van der Waals surface area contributed by atoms with Gasteiger partial charge >= 0.3 is 0 Å². The molecule has 0 bridgehead atoms. The van der Waals surface area contributed by atoms with E-state index in [4.69, 9.17) is 4.74 Å². The molecule has 5 nitrogen and oxygen atoms in total. The molecule has 1 aliphatic rings. The van der Waals surface area contributed by atoms with Crippen LogP contribution in [0.15, 0.2) is 22.7 Å². The monoisotopic (exact) mass is 354 g/mol. The minimum Gasteiger partial charge on any atom is -0.493 e. The largest absolute Gasteiger partial charge is 0.493 e. The van der Waals surface area contributed by atoms with Gasteiger partial charge in [-0.3, -0.25) is 14.5 Å². The van der Waals surface area contributed by atoms with E-state index in [0.717, 1.165) is 22.2 Å². The molecule has 1 heterocycles. The van der Waals surface area contributed by atoms with Gasteiger partial charge in [-0.2, -0.15) is 0 Å². The maximum absolute atomic E-state index is 11.9. The fraction of sp³-hybridized carbons (Fsp3) is 0.467. The third-order valence-electron chi connectivity index (χ3n) is 3.40. The van der Waals surface area contributed by atoms with Crippen molar-refractivity contribution >= 4 is 27.7 Å². The number of nitrogens with one attached hydrogen (secondary N) is 1. The summed E-state index contributed by atoms with van der Waals surface area (Å²) in [5.41, 5.74) is 0.965. The van der Waals surface area contributed by atoms with Crippen LogP contribution in [0, 0.1) is 0 Å². The number of benzene rings is 1. The molecule has 1 aromatic rings. The van der Waals surface area contributed by atoms with Gasteiger partial charge in [0.1, 0.15) is 5.75 Å². The zero-order valence-electron chi connectivity index (χ0n) is 12.2. The number of ether oxygens (including phenoxy) is 1. The smallest absolute Gasteiger partial charge is 0.246 e. The van der Waals surface area contributed by atoms with Gasteiger partial charge in [0, 0.05) is 23.6 Å². The molecule has 1 N–H and O–H groups in total. The van der Waals surface area contributed by atoms with Crippen molar-refractivity contribution in [3.05, 3.63) is 28.2 Å². The number of hydrogen-bond donors (Lipinski definition) is 1. The summed E-state index contributed by atoms with van der Waals surface area (Å²) >= 11 is 3.44. The van der Waals surface area contributed by atoms with Crippen LogP contribution in [0.2, 0.25) is 0 Å². The Bertz CT molecular complexity index is 548. The Morgan fingerprint density at radius 2 is 2.19 bits per heavy atom. The molecule has 1 saturated heterocycles. The first-order valence-electron chi connectivity index (χ1n) is 6.98. The lowest BCUT2D eigenvalue weighted by molar-refractivity contribution is -0.137. The van der Waals surface area contributed by atoms with Crippen molar-refractivity contribution in [3.63, 3.8) is 0 Å². The third-order valence-corrected chi connectivity index (χ3v) is 3.90. The molecule has 0 radical (unpaired) electrons. The molecule has 0 spiro atoms. The number of carbonyl (C=O) groups excluding carboxylic acids is 2. The Hall–Kier alpha value is -1.40. The van der Waals surface area contributed by atoms with E-state index in [1.165, 1.54) is 11.9 Å². The van der Waals surface area contributed by atoms with Gasteiger partial charge in [-0.05, 0) is 24.6 Å². The molecule has 1 unspecified atom stereocenters. The molecule has 0 saturated carbocycles. The van der Waals surface area contributed by atoms with Crippen LogP contribution in [0.25, 0.3) is 0 Å². The SMILES string of the molecule is CCCOc1ccc(Br)cc1CNC1CC(=O)N(C)C1=O. The van der Waals surface area contributed by atoms with Crippen molar-refractivity contribution in [3.8, 4) is 5.75 Å². The quantitative estimate of drug-likeness (QED) is 0.794. The number of imide groups is 1. The van der Waals surface area contributed by atoms with Crippen molar-refractivity contribution < 1.29 is 14.3 Å². The van der Waals surface area contributed by atoms with E-state index in [-0.39, 0.29) is 18.2 Å². The van der Waals surface area contributed by atoms with Crippen LogP contribution >= 0.6 is 15.9 Å². The van der Waals surface area contributed by atoms with Gasteiger partial charge in [-0.25, -0.2) is 0 Å². The van der Waals surface area contributed by atoms with Crippen LogP contribution in [0.3, 0.4) is 0 Å². The van der Waals surface area contributed by atoms with E-state index >= 15 is 0 Å². The molecular weight excluding hydrogens is 336 g/mol. The van der Waals surface area contributed by atoms with Crippen molar-refractivity contribution in [2.75, 3.05) is 13.7 Å². The molecule has 114 valence electrons. The summed E-state index contributed by atoms with van der Waals surface area (Å²) in [7, 11) is 1.52. The second-order valence-electron chi connectivity index (χ2n) is 5.03. The number of likely N-dealkylation sites (tertiary alicyclic amines) is 1. The van der Waals surface area contributed by atoms with Crippen LogP contribution in [0.5, 0.6) is 5.75 Å². The minimum absolute atomic E-state index is 0.144. The molecule has 0 aromatic heterocycles. The summed E-state index contributed by atoms with van der Waals surface area (Å²) in [6.07, 6.45) is 1.15. The predicted molar refractivity (Wildman–Crippen MR) is 82.9 cm³/mol.